The van der Waals surface area contributed by atoms with E-state index in [4.69, 9.17) is 14.2 Å². The van der Waals surface area contributed by atoms with E-state index >= 15 is 0 Å². The minimum Gasteiger partial charge on any atom is -0.442 e. The van der Waals surface area contributed by atoms with Crippen LogP contribution < -0.4 is 10.7 Å². The molecule has 39 heavy (non-hydrogen) atoms. The Morgan fingerprint density at radius 1 is 1.28 bits per heavy atom. The molecule has 208 valence electrons. The average Bonchev–Trinajstić information content (AvgIpc) is 3.54. The molecule has 0 radical (unpaired) electrons. The highest BCUT2D eigenvalue weighted by atomic mass is 16.7. The SMILES string of the molecule is C=C(/C=C\C)CN(CC(O)C(Cc1ccc(-c2cccnc2)cc1)NC=O)NC(=O)OC1COC2OCCC12. The van der Waals surface area contributed by atoms with Gasteiger partial charge in [0.15, 0.2) is 6.29 Å². The summed E-state index contributed by atoms with van der Waals surface area (Å²) in [4.78, 5) is 28.3. The van der Waals surface area contributed by atoms with Crippen LogP contribution >= 0.6 is 0 Å². The Morgan fingerprint density at radius 3 is 2.82 bits per heavy atom. The van der Waals surface area contributed by atoms with E-state index in [0.717, 1.165) is 28.7 Å². The maximum absolute atomic E-state index is 12.8. The van der Waals surface area contributed by atoms with Crippen molar-refractivity contribution >= 4 is 12.5 Å². The first-order valence-corrected chi connectivity index (χ1v) is 13.1. The van der Waals surface area contributed by atoms with Crippen LogP contribution in [0.1, 0.15) is 18.9 Å². The number of nitrogens with zero attached hydrogens (tertiary/aromatic N) is 2. The summed E-state index contributed by atoms with van der Waals surface area (Å²) in [6.07, 6.45) is 6.54. The van der Waals surface area contributed by atoms with Crippen LogP contribution in [0.4, 0.5) is 4.79 Å². The third kappa shape index (κ3) is 7.96. The summed E-state index contributed by atoms with van der Waals surface area (Å²) in [5.41, 5.74) is 6.42. The fourth-order valence-electron chi connectivity index (χ4n) is 4.89. The number of aliphatic hydroxyl groups excluding tert-OH is 1. The van der Waals surface area contributed by atoms with Gasteiger partial charge >= 0.3 is 6.09 Å². The Hall–Kier alpha value is -3.57. The van der Waals surface area contributed by atoms with E-state index in [-0.39, 0.29) is 31.9 Å². The van der Waals surface area contributed by atoms with Crippen LogP contribution in [0, 0.1) is 5.92 Å². The summed E-state index contributed by atoms with van der Waals surface area (Å²) < 4.78 is 16.7. The molecule has 0 spiro atoms. The molecule has 0 bridgehead atoms. The van der Waals surface area contributed by atoms with Gasteiger partial charge in [0.25, 0.3) is 0 Å². The van der Waals surface area contributed by atoms with Gasteiger partial charge in [0, 0.05) is 25.5 Å². The van der Waals surface area contributed by atoms with Crippen molar-refractivity contribution < 1.29 is 28.9 Å². The number of benzene rings is 1. The van der Waals surface area contributed by atoms with Crippen molar-refractivity contribution in [3.05, 3.63) is 78.7 Å². The summed E-state index contributed by atoms with van der Waals surface area (Å²) in [6, 6.07) is 11.1. The number of allylic oxidation sites excluding steroid dienone is 1. The molecule has 2 aromatic rings. The van der Waals surface area contributed by atoms with Crippen molar-refractivity contribution in [2.24, 2.45) is 5.92 Å². The number of amides is 2. The van der Waals surface area contributed by atoms with Crippen LogP contribution in [0.5, 0.6) is 0 Å². The van der Waals surface area contributed by atoms with Gasteiger partial charge in [0.05, 0.1) is 31.3 Å². The molecule has 3 N–H and O–H groups in total. The monoisotopic (exact) mass is 536 g/mol. The Kier molecular flexibility index (Phi) is 10.2. The predicted molar refractivity (Wildman–Crippen MR) is 145 cm³/mol. The summed E-state index contributed by atoms with van der Waals surface area (Å²) in [6.45, 7) is 7.02. The van der Waals surface area contributed by atoms with E-state index in [2.05, 4.69) is 22.3 Å². The number of pyridine rings is 1. The number of rotatable bonds is 13. The lowest BCUT2D eigenvalue weighted by molar-refractivity contribution is -0.111. The predicted octanol–water partition coefficient (Wildman–Crippen LogP) is 2.60. The lowest BCUT2D eigenvalue weighted by atomic mass is 9.98. The zero-order chi connectivity index (χ0) is 27.6. The Bertz CT molecular complexity index is 1130. The van der Waals surface area contributed by atoms with Crippen molar-refractivity contribution in [3.8, 4) is 11.1 Å². The Labute approximate surface area is 228 Å². The first kappa shape index (κ1) is 28.4. The first-order chi connectivity index (χ1) is 19.0. The molecule has 0 saturated carbocycles. The maximum atomic E-state index is 12.8. The highest BCUT2D eigenvalue weighted by Crippen LogP contribution is 2.33. The quantitative estimate of drug-likeness (QED) is 0.203. The van der Waals surface area contributed by atoms with Gasteiger partial charge in [-0.3, -0.25) is 15.2 Å². The molecule has 10 heteroatoms. The number of fused-ring (bicyclic) bond motifs is 1. The molecule has 2 saturated heterocycles. The van der Waals surface area contributed by atoms with Gasteiger partial charge < -0.3 is 24.6 Å². The fraction of sp³-hybridized carbons (Fsp3) is 0.414. The smallest absolute Gasteiger partial charge is 0.422 e. The normalized spacial score (nSPS) is 21.9. The number of hydrogen-bond donors (Lipinski definition) is 3. The minimum absolute atomic E-state index is 0.0125. The lowest BCUT2D eigenvalue weighted by Gasteiger charge is -2.30. The molecule has 10 nitrogen and oxygen atoms in total. The second-order valence-electron chi connectivity index (χ2n) is 9.72. The molecule has 2 aliphatic heterocycles. The van der Waals surface area contributed by atoms with Crippen LogP contribution in [0.2, 0.25) is 0 Å². The van der Waals surface area contributed by atoms with Crippen LogP contribution in [-0.2, 0) is 25.4 Å². The van der Waals surface area contributed by atoms with E-state index < -0.39 is 24.3 Å². The summed E-state index contributed by atoms with van der Waals surface area (Å²) in [7, 11) is 0. The number of nitrogens with one attached hydrogen (secondary N) is 2. The van der Waals surface area contributed by atoms with Crippen LogP contribution in [0.3, 0.4) is 0 Å². The van der Waals surface area contributed by atoms with Gasteiger partial charge in [-0.05, 0) is 48.1 Å². The van der Waals surface area contributed by atoms with Crippen LogP contribution in [0.25, 0.3) is 11.1 Å². The minimum atomic E-state index is -1.01. The molecule has 5 atom stereocenters. The maximum Gasteiger partial charge on any atom is 0.422 e. The molecule has 0 aliphatic carbocycles. The van der Waals surface area contributed by atoms with E-state index in [0.29, 0.717) is 19.4 Å². The second-order valence-corrected chi connectivity index (χ2v) is 9.72. The standard InChI is InChI=1S/C29H36N4O6/c1-3-5-20(2)16-33(32-29(36)39-27-18-38-28-24(27)11-13-37-28)17-26(35)25(31-19-34)14-21-7-9-22(10-8-21)23-6-4-12-30-15-23/h3-10,12,15,19,24-28,35H,2,11,13-14,16-18H2,1H3,(H,31,34)(H,32,36)/b5-3-. The van der Waals surface area contributed by atoms with Gasteiger partial charge in [0.2, 0.25) is 6.41 Å². The van der Waals surface area contributed by atoms with Gasteiger partial charge in [0.1, 0.15) is 6.10 Å². The zero-order valence-electron chi connectivity index (χ0n) is 22.1. The number of carbonyl (C=O) groups excluding carboxylic acids is 2. The zero-order valence-corrected chi connectivity index (χ0v) is 22.1. The van der Waals surface area contributed by atoms with Gasteiger partial charge in [-0.25, -0.2) is 9.80 Å². The lowest BCUT2D eigenvalue weighted by Crippen LogP contribution is -2.53. The van der Waals surface area contributed by atoms with E-state index in [1.165, 1.54) is 0 Å². The summed E-state index contributed by atoms with van der Waals surface area (Å²) >= 11 is 0. The molecule has 2 amide bonds. The highest BCUT2D eigenvalue weighted by Gasteiger charge is 2.44. The summed E-state index contributed by atoms with van der Waals surface area (Å²) in [5, 5.41) is 15.4. The number of aliphatic hydroxyl groups is 1. The topological polar surface area (TPSA) is 122 Å². The molecular formula is C29H36N4O6. The van der Waals surface area contributed by atoms with Gasteiger partial charge in [-0.1, -0.05) is 49.1 Å². The first-order valence-electron chi connectivity index (χ1n) is 13.1. The number of hydrazine groups is 1. The van der Waals surface area contributed by atoms with E-state index in [1.807, 2.05) is 55.5 Å². The van der Waals surface area contributed by atoms with Crippen molar-refractivity contribution in [2.75, 3.05) is 26.3 Å². The van der Waals surface area contributed by atoms with Crippen LogP contribution in [0.15, 0.2) is 73.1 Å². The number of carbonyl (C=O) groups is 2. The van der Waals surface area contributed by atoms with Crippen molar-refractivity contribution in [1.82, 2.24) is 20.7 Å². The molecule has 5 unspecified atom stereocenters. The molecular weight excluding hydrogens is 500 g/mol. The van der Waals surface area contributed by atoms with Crippen molar-refractivity contribution in [3.63, 3.8) is 0 Å². The third-order valence-corrected chi connectivity index (χ3v) is 6.85. The van der Waals surface area contributed by atoms with Crippen molar-refractivity contribution in [1.29, 1.82) is 0 Å². The Balaban J connectivity index is 1.38. The Morgan fingerprint density at radius 2 is 2.10 bits per heavy atom. The number of aromatic nitrogens is 1. The van der Waals surface area contributed by atoms with Gasteiger partial charge in [-0.2, -0.15) is 0 Å². The van der Waals surface area contributed by atoms with Crippen molar-refractivity contribution in [2.45, 2.75) is 44.3 Å². The molecule has 3 heterocycles. The molecule has 2 fully saturated rings. The molecule has 2 aliphatic rings. The summed E-state index contributed by atoms with van der Waals surface area (Å²) in [5.74, 6) is 0.0125. The van der Waals surface area contributed by atoms with Crippen LogP contribution in [-0.4, -0.2) is 78.4 Å². The largest absolute Gasteiger partial charge is 0.442 e. The third-order valence-electron chi connectivity index (χ3n) is 6.85. The number of hydrogen-bond acceptors (Lipinski definition) is 8. The van der Waals surface area contributed by atoms with E-state index in [9.17, 15) is 14.7 Å². The highest BCUT2D eigenvalue weighted by molar-refractivity contribution is 5.67. The second kappa shape index (κ2) is 14.0. The van der Waals surface area contributed by atoms with Gasteiger partial charge in [-0.15, -0.1) is 0 Å². The molecule has 1 aromatic carbocycles. The molecule has 1 aromatic heterocycles. The number of ether oxygens (including phenoxy) is 3. The molecule has 4 rings (SSSR count). The average molecular weight is 537 g/mol. The fourth-order valence-corrected chi connectivity index (χ4v) is 4.89. The van der Waals surface area contributed by atoms with E-state index in [1.54, 1.807) is 17.4 Å².